The van der Waals surface area contributed by atoms with Crippen LogP contribution in [0.15, 0.2) is 151 Å². The van der Waals surface area contributed by atoms with E-state index in [1.807, 2.05) is 30.5 Å². The first-order chi connectivity index (χ1) is 24.8. The number of para-hydroxylation sites is 1. The van der Waals surface area contributed by atoms with Crippen LogP contribution in [0, 0.1) is 0 Å². The first-order valence-corrected chi connectivity index (χ1v) is 17.5. The lowest BCUT2D eigenvalue weighted by atomic mass is 9.69. The van der Waals surface area contributed by atoms with Crippen molar-refractivity contribution in [2.75, 3.05) is 0 Å². The SMILES string of the molecule is c1ccc(-n2c3ccccc3c3ccc(Oc4cccc(-n5ncc6c5C5(C7=C(CCCC7)c7ccccc75)c5ccccc5-6)c4)cc32)nc1. The van der Waals surface area contributed by atoms with Crippen LogP contribution in [-0.2, 0) is 5.41 Å². The number of rotatable bonds is 4. The van der Waals surface area contributed by atoms with Crippen molar-refractivity contribution < 1.29 is 4.74 Å². The molecule has 1 spiro atoms. The van der Waals surface area contributed by atoms with Gasteiger partial charge in [-0.15, -0.1) is 0 Å². The molecule has 3 aliphatic carbocycles. The van der Waals surface area contributed by atoms with Crippen LogP contribution in [0.4, 0.5) is 0 Å². The van der Waals surface area contributed by atoms with Crippen LogP contribution in [0.1, 0.15) is 48.1 Å². The Kier molecular flexibility index (Phi) is 5.77. The number of fused-ring (bicyclic) bond motifs is 12. The van der Waals surface area contributed by atoms with Crippen LogP contribution in [0.3, 0.4) is 0 Å². The van der Waals surface area contributed by atoms with E-state index in [9.17, 15) is 0 Å². The van der Waals surface area contributed by atoms with Gasteiger partial charge in [-0.25, -0.2) is 9.67 Å². The van der Waals surface area contributed by atoms with Gasteiger partial charge < -0.3 is 4.74 Å². The molecule has 238 valence electrons. The van der Waals surface area contributed by atoms with E-state index in [4.69, 9.17) is 14.8 Å². The summed E-state index contributed by atoms with van der Waals surface area (Å²) in [5.41, 5.74) is 13.8. The zero-order chi connectivity index (χ0) is 32.8. The zero-order valence-corrected chi connectivity index (χ0v) is 27.4. The summed E-state index contributed by atoms with van der Waals surface area (Å²) in [4.78, 5) is 4.70. The second-order valence-corrected chi connectivity index (χ2v) is 13.6. The van der Waals surface area contributed by atoms with Crippen molar-refractivity contribution >= 4 is 27.4 Å². The normalized spacial score (nSPS) is 17.3. The van der Waals surface area contributed by atoms with Crippen molar-refractivity contribution in [2.45, 2.75) is 31.1 Å². The van der Waals surface area contributed by atoms with Gasteiger partial charge >= 0.3 is 0 Å². The number of nitrogens with zero attached hydrogens (tertiary/aromatic N) is 4. The second kappa shape index (κ2) is 10.4. The maximum Gasteiger partial charge on any atom is 0.137 e. The topological polar surface area (TPSA) is 44.9 Å². The number of benzene rings is 5. The molecule has 3 heterocycles. The fourth-order valence-corrected chi connectivity index (χ4v) is 9.27. The number of ether oxygens (including phenoxy) is 1. The maximum absolute atomic E-state index is 6.67. The van der Waals surface area contributed by atoms with Gasteiger partial charge in [-0.1, -0.05) is 78.9 Å². The van der Waals surface area contributed by atoms with Gasteiger partial charge in [-0.05, 0) is 102 Å². The van der Waals surface area contributed by atoms with E-state index in [1.54, 1.807) is 5.57 Å². The Hall–Kier alpha value is -6.20. The van der Waals surface area contributed by atoms with E-state index in [1.165, 1.54) is 57.3 Å². The van der Waals surface area contributed by atoms with Gasteiger partial charge in [0.15, 0.2) is 0 Å². The lowest BCUT2D eigenvalue weighted by Gasteiger charge is -2.34. The predicted octanol–water partition coefficient (Wildman–Crippen LogP) is 10.8. The Morgan fingerprint density at radius 1 is 0.600 bits per heavy atom. The summed E-state index contributed by atoms with van der Waals surface area (Å²) in [6.07, 6.45) is 8.60. The highest BCUT2D eigenvalue weighted by Crippen LogP contribution is 2.64. The highest BCUT2D eigenvalue weighted by Gasteiger charge is 2.55. The standard InChI is InChI=1S/C45H32N4O/c1-5-18-38-32(14-1)33-15-2-6-19-39(33)45(38)40-20-7-3-16-34(40)37-28-47-49(44(37)45)29-12-11-13-30(26-29)50-31-23-24-36-35-17-4-8-21-41(35)48(42(36)27-31)43-22-9-10-25-46-43/h1,3-5,7-14,16-18,20-28H,2,6,15,19H2. The zero-order valence-electron chi connectivity index (χ0n) is 27.4. The molecule has 5 heteroatoms. The van der Waals surface area contributed by atoms with Gasteiger partial charge in [0.1, 0.15) is 17.3 Å². The van der Waals surface area contributed by atoms with Gasteiger partial charge in [0.05, 0.1) is 34.0 Å². The summed E-state index contributed by atoms with van der Waals surface area (Å²) in [6, 6.07) is 47.3. The molecule has 1 atom stereocenters. The van der Waals surface area contributed by atoms with Crippen LogP contribution in [0.25, 0.3) is 50.0 Å². The average Bonchev–Trinajstić information content (AvgIpc) is 3.91. The van der Waals surface area contributed by atoms with Crippen molar-refractivity contribution in [3.8, 4) is 34.1 Å². The monoisotopic (exact) mass is 644 g/mol. The summed E-state index contributed by atoms with van der Waals surface area (Å²) in [5, 5.41) is 7.48. The molecule has 0 bridgehead atoms. The molecule has 0 radical (unpaired) electrons. The molecule has 11 rings (SSSR count). The largest absolute Gasteiger partial charge is 0.457 e. The molecule has 50 heavy (non-hydrogen) atoms. The molecule has 5 nitrogen and oxygen atoms in total. The third-order valence-electron chi connectivity index (χ3n) is 11.1. The molecule has 5 aromatic carbocycles. The molecule has 0 aliphatic heterocycles. The van der Waals surface area contributed by atoms with E-state index in [0.717, 1.165) is 52.3 Å². The van der Waals surface area contributed by atoms with Gasteiger partial charge in [0.25, 0.3) is 0 Å². The lowest BCUT2D eigenvalue weighted by Crippen LogP contribution is -2.31. The van der Waals surface area contributed by atoms with Gasteiger partial charge in [0, 0.05) is 34.7 Å². The third kappa shape index (κ3) is 3.66. The lowest BCUT2D eigenvalue weighted by molar-refractivity contribution is 0.482. The second-order valence-electron chi connectivity index (χ2n) is 13.6. The van der Waals surface area contributed by atoms with Crippen molar-refractivity contribution in [3.63, 3.8) is 0 Å². The fourth-order valence-electron chi connectivity index (χ4n) is 9.27. The Labute approximate surface area is 289 Å². The molecule has 1 unspecified atom stereocenters. The Bertz CT molecular complexity index is 2700. The highest BCUT2D eigenvalue weighted by atomic mass is 16.5. The number of hydrogen-bond donors (Lipinski definition) is 0. The molecule has 0 saturated heterocycles. The molecule has 0 N–H and O–H groups in total. The smallest absolute Gasteiger partial charge is 0.137 e. The molecule has 0 amide bonds. The molecular formula is C45H32N4O. The van der Waals surface area contributed by atoms with E-state index in [0.29, 0.717) is 0 Å². The van der Waals surface area contributed by atoms with Crippen LogP contribution in [0.5, 0.6) is 11.5 Å². The Balaban J connectivity index is 1.05. The fraction of sp³-hybridized carbons (Fsp3) is 0.111. The highest BCUT2D eigenvalue weighted by molar-refractivity contribution is 6.09. The van der Waals surface area contributed by atoms with E-state index in [-0.39, 0.29) is 5.41 Å². The van der Waals surface area contributed by atoms with Gasteiger partial charge in [-0.3, -0.25) is 4.57 Å². The van der Waals surface area contributed by atoms with Gasteiger partial charge in [0.2, 0.25) is 0 Å². The van der Waals surface area contributed by atoms with E-state index in [2.05, 4.69) is 125 Å². The van der Waals surface area contributed by atoms with E-state index >= 15 is 0 Å². The van der Waals surface area contributed by atoms with Crippen LogP contribution in [0.2, 0.25) is 0 Å². The Morgan fingerprint density at radius 3 is 2.26 bits per heavy atom. The summed E-state index contributed by atoms with van der Waals surface area (Å²) < 4.78 is 11.1. The van der Waals surface area contributed by atoms with Crippen molar-refractivity contribution in [1.82, 2.24) is 19.3 Å². The number of allylic oxidation sites excluding steroid dienone is 2. The average molecular weight is 645 g/mol. The number of pyridine rings is 1. The number of aromatic nitrogens is 4. The summed E-state index contributed by atoms with van der Waals surface area (Å²) in [5.74, 6) is 2.41. The molecule has 3 aliphatic rings. The first-order valence-electron chi connectivity index (χ1n) is 17.5. The molecule has 8 aromatic rings. The Morgan fingerprint density at radius 2 is 1.36 bits per heavy atom. The minimum Gasteiger partial charge on any atom is -0.457 e. The molecular weight excluding hydrogens is 613 g/mol. The quantitative estimate of drug-likeness (QED) is 0.191. The van der Waals surface area contributed by atoms with Crippen LogP contribution in [-0.4, -0.2) is 19.3 Å². The molecule has 3 aromatic heterocycles. The maximum atomic E-state index is 6.67. The van der Waals surface area contributed by atoms with Crippen LogP contribution >= 0.6 is 0 Å². The van der Waals surface area contributed by atoms with Gasteiger partial charge in [-0.2, -0.15) is 5.10 Å². The minimum atomic E-state index is -0.352. The van der Waals surface area contributed by atoms with Crippen molar-refractivity contribution in [1.29, 1.82) is 0 Å². The molecule has 0 saturated carbocycles. The summed E-state index contributed by atoms with van der Waals surface area (Å²) in [6.45, 7) is 0. The summed E-state index contributed by atoms with van der Waals surface area (Å²) >= 11 is 0. The number of hydrogen-bond acceptors (Lipinski definition) is 3. The third-order valence-corrected chi connectivity index (χ3v) is 11.1. The summed E-state index contributed by atoms with van der Waals surface area (Å²) in [7, 11) is 0. The first kappa shape index (κ1) is 27.7. The minimum absolute atomic E-state index is 0.352. The van der Waals surface area contributed by atoms with Crippen molar-refractivity contribution in [3.05, 3.63) is 174 Å². The van der Waals surface area contributed by atoms with Crippen molar-refractivity contribution in [2.24, 2.45) is 0 Å². The van der Waals surface area contributed by atoms with E-state index < -0.39 is 0 Å². The predicted molar refractivity (Wildman–Crippen MR) is 199 cm³/mol. The molecule has 0 fully saturated rings. The van der Waals surface area contributed by atoms with Crippen LogP contribution < -0.4 is 4.74 Å².